The van der Waals surface area contributed by atoms with Crippen LogP contribution in [0.4, 0.5) is 11.5 Å². The second kappa shape index (κ2) is 11.7. The molecule has 2 aliphatic rings. The number of carbonyl (C=O) groups is 1. The highest BCUT2D eigenvalue weighted by Crippen LogP contribution is 2.38. The van der Waals surface area contributed by atoms with E-state index in [1.807, 2.05) is 58.8 Å². The summed E-state index contributed by atoms with van der Waals surface area (Å²) in [5, 5.41) is 10.3. The quantitative estimate of drug-likeness (QED) is 0.264. The van der Waals surface area contributed by atoms with Crippen LogP contribution in [0.15, 0.2) is 48.8 Å². The van der Waals surface area contributed by atoms with Gasteiger partial charge >= 0.3 is 0 Å². The molecule has 5 heterocycles. The minimum Gasteiger partial charge on any atom is -0.495 e. The number of piperidine rings is 1. The van der Waals surface area contributed by atoms with Crippen LogP contribution in [0.1, 0.15) is 42.2 Å². The topological polar surface area (TPSA) is 125 Å². The van der Waals surface area contributed by atoms with Crippen molar-refractivity contribution in [2.45, 2.75) is 37.8 Å². The number of benzene rings is 2. The number of ether oxygens (including phenoxy) is 2. The number of hydrogen-bond donors (Lipinski definition) is 2. The summed E-state index contributed by atoms with van der Waals surface area (Å²) in [5.41, 5.74) is 10.6. The van der Waals surface area contributed by atoms with E-state index in [9.17, 15) is 4.79 Å². The first kappa shape index (κ1) is 28.6. The number of halogens is 1. The number of nitrogen functional groups attached to an aromatic ring is 1. The zero-order valence-corrected chi connectivity index (χ0v) is 25.5. The summed E-state index contributed by atoms with van der Waals surface area (Å²) < 4.78 is 15.2. The summed E-state index contributed by atoms with van der Waals surface area (Å²) in [6.07, 6.45) is 5.64. The number of carbonyl (C=O) groups excluding carboxylic acids is 1. The van der Waals surface area contributed by atoms with Gasteiger partial charge in [-0.3, -0.25) is 4.79 Å². The standard InChI is InChI=1S/C32H35ClN8O3/c1-39-25-6-4-21(33)15-20(25)16-26(39)32(42)37-24-5-3-19(17-27(24)43-2)29-28-30(34)35-18-36-31(28)41(38-29)23-7-11-40(12-8-23)22-9-13-44-14-10-22/h3-6,15-18,22-23H,7-14H2,1-2H3,(H,37,42)(H2,34,35,36). The lowest BCUT2D eigenvalue weighted by Crippen LogP contribution is -2.44. The van der Waals surface area contributed by atoms with Crippen LogP contribution in [0, 0.1) is 0 Å². The SMILES string of the molecule is COc1cc(-c2nn(C3CCN(C4CCOCC4)CC3)c3ncnc(N)c23)ccc1NC(=O)c1cc2cc(Cl)ccc2n1C. The van der Waals surface area contributed by atoms with Crippen LogP contribution in [0.25, 0.3) is 33.2 Å². The minimum atomic E-state index is -0.259. The van der Waals surface area contributed by atoms with Crippen molar-refractivity contribution in [3.63, 3.8) is 0 Å². The first-order chi connectivity index (χ1) is 21.4. The molecule has 3 N–H and O–H groups in total. The second-order valence-electron chi connectivity index (χ2n) is 11.5. The number of methoxy groups -OCH3 is 1. The predicted octanol–water partition coefficient (Wildman–Crippen LogP) is 5.30. The number of aromatic nitrogens is 5. The van der Waals surface area contributed by atoms with Gasteiger partial charge in [0.05, 0.1) is 24.2 Å². The zero-order chi connectivity index (χ0) is 30.4. The Morgan fingerprint density at radius 3 is 2.61 bits per heavy atom. The van der Waals surface area contributed by atoms with Crippen molar-refractivity contribution in [2.24, 2.45) is 7.05 Å². The summed E-state index contributed by atoms with van der Waals surface area (Å²) in [7, 11) is 3.43. The van der Waals surface area contributed by atoms with Gasteiger partial charge in [-0.05, 0) is 62.1 Å². The fourth-order valence-corrected chi connectivity index (χ4v) is 6.84. The molecule has 0 aliphatic carbocycles. The molecule has 2 aromatic carbocycles. The summed E-state index contributed by atoms with van der Waals surface area (Å²) in [5.74, 6) is 0.619. The van der Waals surface area contributed by atoms with E-state index in [4.69, 9.17) is 31.9 Å². The molecule has 11 nitrogen and oxygen atoms in total. The highest BCUT2D eigenvalue weighted by molar-refractivity contribution is 6.31. The number of amides is 1. The van der Waals surface area contributed by atoms with E-state index < -0.39 is 0 Å². The number of nitrogens with zero attached hydrogens (tertiary/aromatic N) is 6. The molecule has 0 unspecified atom stereocenters. The molecule has 3 aromatic heterocycles. The molecule has 0 spiro atoms. The Bertz CT molecular complexity index is 1850. The van der Waals surface area contributed by atoms with Crippen LogP contribution in [-0.2, 0) is 11.8 Å². The molecule has 7 rings (SSSR count). The van der Waals surface area contributed by atoms with Crippen LogP contribution in [0.2, 0.25) is 5.02 Å². The molecule has 2 fully saturated rings. The number of rotatable bonds is 6. The molecule has 0 radical (unpaired) electrons. The fraction of sp³-hybridized carbons (Fsp3) is 0.375. The average molecular weight is 615 g/mol. The van der Waals surface area contributed by atoms with E-state index >= 15 is 0 Å². The van der Waals surface area contributed by atoms with Crippen molar-refractivity contribution in [2.75, 3.05) is 44.5 Å². The summed E-state index contributed by atoms with van der Waals surface area (Å²) >= 11 is 6.17. The average Bonchev–Trinajstić information content (AvgIpc) is 3.60. The molecular formula is C32H35ClN8O3. The maximum absolute atomic E-state index is 13.4. The van der Waals surface area contributed by atoms with Gasteiger partial charge in [0.25, 0.3) is 5.91 Å². The van der Waals surface area contributed by atoms with Crippen molar-refractivity contribution >= 4 is 50.9 Å². The molecule has 2 aliphatic heterocycles. The monoisotopic (exact) mass is 614 g/mol. The van der Waals surface area contributed by atoms with E-state index in [1.54, 1.807) is 7.11 Å². The van der Waals surface area contributed by atoms with Gasteiger partial charge in [-0.25, -0.2) is 14.6 Å². The Morgan fingerprint density at radius 2 is 1.84 bits per heavy atom. The smallest absolute Gasteiger partial charge is 0.272 e. The van der Waals surface area contributed by atoms with Gasteiger partial charge < -0.3 is 30.0 Å². The third-order valence-electron chi connectivity index (χ3n) is 9.03. The molecule has 12 heteroatoms. The number of nitrogens with two attached hydrogens (primary N) is 1. The Labute approximate surface area is 259 Å². The molecule has 0 bridgehead atoms. The lowest BCUT2D eigenvalue weighted by Gasteiger charge is -2.39. The van der Waals surface area contributed by atoms with Gasteiger partial charge in [-0.1, -0.05) is 17.7 Å². The van der Waals surface area contributed by atoms with Gasteiger partial charge in [0, 0.05) is 60.9 Å². The van der Waals surface area contributed by atoms with Crippen LogP contribution in [-0.4, -0.2) is 74.6 Å². The van der Waals surface area contributed by atoms with Crippen LogP contribution in [0.3, 0.4) is 0 Å². The molecule has 0 atom stereocenters. The Balaban J connectivity index is 1.17. The summed E-state index contributed by atoms with van der Waals surface area (Å²) in [4.78, 5) is 24.9. The van der Waals surface area contributed by atoms with Gasteiger partial charge in [-0.2, -0.15) is 5.10 Å². The predicted molar refractivity (Wildman–Crippen MR) is 171 cm³/mol. The van der Waals surface area contributed by atoms with Crippen LogP contribution in [0.5, 0.6) is 5.75 Å². The lowest BCUT2D eigenvalue weighted by atomic mass is 10.00. The van der Waals surface area contributed by atoms with E-state index in [0.29, 0.717) is 45.1 Å². The zero-order valence-electron chi connectivity index (χ0n) is 24.8. The fourth-order valence-electron chi connectivity index (χ4n) is 6.66. The van der Waals surface area contributed by atoms with E-state index in [0.717, 1.165) is 74.1 Å². The third-order valence-corrected chi connectivity index (χ3v) is 9.27. The van der Waals surface area contributed by atoms with Crippen LogP contribution >= 0.6 is 11.6 Å². The number of fused-ring (bicyclic) bond motifs is 2. The number of anilines is 2. The van der Waals surface area contributed by atoms with Gasteiger partial charge in [0.15, 0.2) is 5.65 Å². The molecule has 2 saturated heterocycles. The maximum Gasteiger partial charge on any atom is 0.272 e. The highest BCUT2D eigenvalue weighted by atomic mass is 35.5. The van der Waals surface area contributed by atoms with Crippen molar-refractivity contribution in [1.29, 1.82) is 0 Å². The van der Waals surface area contributed by atoms with Gasteiger partial charge in [0.2, 0.25) is 0 Å². The number of nitrogens with one attached hydrogen (secondary N) is 1. The molecule has 1 amide bonds. The Hall–Kier alpha value is -4.19. The lowest BCUT2D eigenvalue weighted by molar-refractivity contribution is 0.0215. The van der Waals surface area contributed by atoms with Crippen LogP contribution < -0.4 is 15.8 Å². The molecule has 44 heavy (non-hydrogen) atoms. The van der Waals surface area contributed by atoms with Crippen molar-refractivity contribution in [1.82, 2.24) is 29.2 Å². The number of hydrogen-bond acceptors (Lipinski definition) is 8. The Kier molecular flexibility index (Phi) is 7.61. The number of aryl methyl sites for hydroxylation is 1. The molecule has 228 valence electrons. The normalized spacial score (nSPS) is 17.0. The molecule has 0 saturated carbocycles. The van der Waals surface area contributed by atoms with E-state index in [1.165, 1.54) is 6.33 Å². The van der Waals surface area contributed by atoms with Gasteiger partial charge in [0.1, 0.15) is 29.3 Å². The first-order valence-electron chi connectivity index (χ1n) is 15.0. The third kappa shape index (κ3) is 5.14. The van der Waals surface area contributed by atoms with Crippen molar-refractivity contribution < 1.29 is 14.3 Å². The van der Waals surface area contributed by atoms with Gasteiger partial charge in [-0.15, -0.1) is 0 Å². The molecular weight excluding hydrogens is 580 g/mol. The summed E-state index contributed by atoms with van der Waals surface area (Å²) in [6, 6.07) is 13.8. The molecule has 5 aromatic rings. The first-order valence-corrected chi connectivity index (χ1v) is 15.3. The largest absolute Gasteiger partial charge is 0.495 e. The number of likely N-dealkylation sites (tertiary alicyclic amines) is 1. The minimum absolute atomic E-state index is 0.202. The Morgan fingerprint density at radius 1 is 1.05 bits per heavy atom. The maximum atomic E-state index is 13.4. The van der Waals surface area contributed by atoms with E-state index in [-0.39, 0.29) is 11.9 Å². The summed E-state index contributed by atoms with van der Waals surface area (Å²) in [6.45, 7) is 3.72. The van der Waals surface area contributed by atoms with Crippen molar-refractivity contribution in [3.05, 3.63) is 59.5 Å². The second-order valence-corrected chi connectivity index (χ2v) is 12.0. The highest BCUT2D eigenvalue weighted by Gasteiger charge is 2.30. The van der Waals surface area contributed by atoms with Crippen molar-refractivity contribution in [3.8, 4) is 17.0 Å². The van der Waals surface area contributed by atoms with E-state index in [2.05, 4.69) is 20.2 Å².